The summed E-state index contributed by atoms with van der Waals surface area (Å²) in [7, 11) is 0. The lowest BCUT2D eigenvalue weighted by molar-refractivity contribution is 0.101. The van der Waals surface area contributed by atoms with E-state index in [1.54, 1.807) is 13.8 Å². The van der Waals surface area contributed by atoms with Gasteiger partial charge in [-0.2, -0.15) is 0 Å². The predicted octanol–water partition coefficient (Wildman–Crippen LogP) is 3.30. The lowest BCUT2D eigenvalue weighted by atomic mass is 9.91. The van der Waals surface area contributed by atoms with Gasteiger partial charge in [0.15, 0.2) is 5.78 Å². The summed E-state index contributed by atoms with van der Waals surface area (Å²) in [5.41, 5.74) is 6.23. The molecule has 27 heavy (non-hydrogen) atoms. The molecule has 1 aliphatic heterocycles. The molecule has 0 amide bonds. The second kappa shape index (κ2) is 7.90. The number of hydrogen-bond donors (Lipinski definition) is 1. The van der Waals surface area contributed by atoms with E-state index in [0.717, 1.165) is 49.2 Å². The van der Waals surface area contributed by atoms with Crippen LogP contribution in [0.15, 0.2) is 12.3 Å². The van der Waals surface area contributed by atoms with Crippen molar-refractivity contribution in [1.82, 2.24) is 19.9 Å². The molecule has 1 saturated heterocycles. The number of hydrogen-bond acceptors (Lipinski definition) is 5. The Kier molecular flexibility index (Phi) is 5.77. The van der Waals surface area contributed by atoms with Crippen molar-refractivity contribution < 1.29 is 9.90 Å². The van der Waals surface area contributed by atoms with Gasteiger partial charge in [-0.05, 0) is 69.7 Å². The van der Waals surface area contributed by atoms with Crippen LogP contribution in [0.2, 0.25) is 0 Å². The monoisotopic (exact) mass is 370 g/mol. The lowest BCUT2D eigenvalue weighted by Gasteiger charge is -2.32. The number of likely N-dealkylation sites (tertiary alicyclic amines) is 1. The molecule has 6 heteroatoms. The Labute approximate surface area is 161 Å². The van der Waals surface area contributed by atoms with E-state index >= 15 is 0 Å². The van der Waals surface area contributed by atoms with Crippen LogP contribution in [0.5, 0.6) is 0 Å². The quantitative estimate of drug-likeness (QED) is 0.818. The molecule has 1 aromatic heterocycles. The summed E-state index contributed by atoms with van der Waals surface area (Å²) in [6.07, 6.45) is 3.29. The number of aryl methyl sites for hydroxylation is 2. The number of aliphatic hydroxyl groups excluding tert-OH is 1. The minimum atomic E-state index is -0.582. The minimum Gasteiger partial charge on any atom is -0.387 e. The van der Waals surface area contributed by atoms with Crippen LogP contribution in [0.3, 0.4) is 0 Å². The normalized spacial score (nSPS) is 17.3. The first kappa shape index (κ1) is 19.7. The molecule has 6 nitrogen and oxygen atoms in total. The molecule has 1 aliphatic rings. The molecule has 3 rings (SSSR count). The molecule has 1 fully saturated rings. The van der Waals surface area contributed by atoms with E-state index in [1.807, 2.05) is 17.8 Å². The number of piperidine rings is 1. The van der Waals surface area contributed by atoms with E-state index in [-0.39, 0.29) is 5.78 Å². The standard InChI is InChI=1S/C21H30N4O2/c1-13-10-14(2)21(17(5)27)15(3)19(13)11-24-8-6-18(7-9-24)25-12-20(16(4)26)22-23-25/h10,12,16,18,26H,6-9,11H2,1-5H3/t16-/m1/s1. The van der Waals surface area contributed by atoms with Crippen LogP contribution in [-0.4, -0.2) is 43.9 Å². The molecular weight excluding hydrogens is 340 g/mol. The highest BCUT2D eigenvalue weighted by molar-refractivity contribution is 5.97. The highest BCUT2D eigenvalue weighted by atomic mass is 16.3. The van der Waals surface area contributed by atoms with Gasteiger partial charge in [0.05, 0.1) is 18.3 Å². The average Bonchev–Trinajstić information content (AvgIpc) is 3.09. The first-order chi connectivity index (χ1) is 12.8. The minimum absolute atomic E-state index is 0.144. The zero-order valence-electron chi connectivity index (χ0n) is 17.0. The fraction of sp³-hybridized carbons (Fsp3) is 0.571. The molecule has 2 aromatic rings. The number of aromatic nitrogens is 3. The molecule has 0 radical (unpaired) electrons. The maximum Gasteiger partial charge on any atom is 0.160 e. The highest BCUT2D eigenvalue weighted by Gasteiger charge is 2.24. The molecule has 0 unspecified atom stereocenters. The molecular formula is C21H30N4O2. The van der Waals surface area contributed by atoms with Gasteiger partial charge in [0, 0.05) is 25.2 Å². The predicted molar refractivity (Wildman–Crippen MR) is 105 cm³/mol. The second-order valence-electron chi connectivity index (χ2n) is 7.85. The molecule has 1 atom stereocenters. The molecule has 2 heterocycles. The molecule has 0 spiro atoms. The average molecular weight is 370 g/mol. The van der Waals surface area contributed by atoms with Crippen molar-refractivity contribution in [3.63, 3.8) is 0 Å². The Morgan fingerprint density at radius 2 is 1.93 bits per heavy atom. The number of carbonyl (C=O) groups excluding carboxylic acids is 1. The van der Waals surface area contributed by atoms with Gasteiger partial charge in [0.2, 0.25) is 0 Å². The highest BCUT2D eigenvalue weighted by Crippen LogP contribution is 2.28. The third-order valence-electron chi connectivity index (χ3n) is 5.75. The third-order valence-corrected chi connectivity index (χ3v) is 5.75. The van der Waals surface area contributed by atoms with E-state index in [2.05, 4.69) is 35.1 Å². The van der Waals surface area contributed by atoms with Crippen molar-refractivity contribution in [1.29, 1.82) is 0 Å². The van der Waals surface area contributed by atoms with Crippen molar-refractivity contribution in [2.45, 2.75) is 66.2 Å². The Morgan fingerprint density at radius 3 is 2.48 bits per heavy atom. The van der Waals surface area contributed by atoms with Gasteiger partial charge >= 0.3 is 0 Å². The van der Waals surface area contributed by atoms with Gasteiger partial charge in [0.25, 0.3) is 0 Å². The van der Waals surface area contributed by atoms with Crippen LogP contribution in [0, 0.1) is 20.8 Å². The van der Waals surface area contributed by atoms with E-state index < -0.39 is 6.10 Å². The number of ketones is 1. The van der Waals surface area contributed by atoms with E-state index in [4.69, 9.17) is 0 Å². The SMILES string of the molecule is CC(=O)c1c(C)cc(C)c(CN2CCC(n3cc([C@@H](C)O)nn3)CC2)c1C. The van der Waals surface area contributed by atoms with Gasteiger partial charge in [-0.15, -0.1) is 5.10 Å². The Morgan fingerprint density at radius 1 is 1.26 bits per heavy atom. The van der Waals surface area contributed by atoms with Gasteiger partial charge < -0.3 is 5.11 Å². The van der Waals surface area contributed by atoms with Crippen molar-refractivity contribution in [3.05, 3.63) is 45.8 Å². The van der Waals surface area contributed by atoms with Gasteiger partial charge in [-0.3, -0.25) is 9.69 Å². The maximum absolute atomic E-state index is 12.0. The largest absolute Gasteiger partial charge is 0.387 e. The zero-order valence-corrected chi connectivity index (χ0v) is 17.0. The van der Waals surface area contributed by atoms with Crippen molar-refractivity contribution >= 4 is 5.78 Å². The lowest BCUT2D eigenvalue weighted by Crippen LogP contribution is -2.35. The van der Waals surface area contributed by atoms with Crippen molar-refractivity contribution in [2.24, 2.45) is 0 Å². The van der Waals surface area contributed by atoms with Crippen molar-refractivity contribution in [3.8, 4) is 0 Å². The summed E-state index contributed by atoms with van der Waals surface area (Å²) < 4.78 is 1.90. The maximum atomic E-state index is 12.0. The van der Waals surface area contributed by atoms with Crippen molar-refractivity contribution in [2.75, 3.05) is 13.1 Å². The van der Waals surface area contributed by atoms with Crippen LogP contribution < -0.4 is 0 Å². The molecule has 0 bridgehead atoms. The van der Waals surface area contributed by atoms with Crippen LogP contribution in [0.4, 0.5) is 0 Å². The first-order valence-electron chi connectivity index (χ1n) is 9.70. The molecule has 0 aliphatic carbocycles. The Balaban J connectivity index is 1.69. The van der Waals surface area contributed by atoms with Gasteiger partial charge in [0.1, 0.15) is 5.69 Å². The Hall–Kier alpha value is -2.05. The smallest absolute Gasteiger partial charge is 0.160 e. The number of carbonyl (C=O) groups is 1. The summed E-state index contributed by atoms with van der Waals surface area (Å²) in [6, 6.07) is 2.47. The van der Waals surface area contributed by atoms with E-state index in [0.29, 0.717) is 11.7 Å². The fourth-order valence-electron chi connectivity index (χ4n) is 4.24. The first-order valence-corrected chi connectivity index (χ1v) is 9.70. The second-order valence-corrected chi connectivity index (χ2v) is 7.85. The van der Waals surface area contributed by atoms with Gasteiger partial charge in [-0.1, -0.05) is 11.3 Å². The van der Waals surface area contributed by atoms with E-state index in [1.165, 1.54) is 11.1 Å². The summed E-state index contributed by atoms with van der Waals surface area (Å²) in [5.74, 6) is 0.144. The fourth-order valence-corrected chi connectivity index (χ4v) is 4.24. The van der Waals surface area contributed by atoms with Crippen LogP contribution in [0.25, 0.3) is 0 Å². The Bertz CT molecular complexity index is 833. The number of aliphatic hydroxyl groups is 1. The number of rotatable bonds is 5. The summed E-state index contributed by atoms with van der Waals surface area (Å²) >= 11 is 0. The molecule has 1 N–H and O–H groups in total. The van der Waals surface area contributed by atoms with E-state index in [9.17, 15) is 9.90 Å². The topological polar surface area (TPSA) is 71.2 Å². The van der Waals surface area contributed by atoms with Crippen LogP contribution in [-0.2, 0) is 6.54 Å². The van der Waals surface area contributed by atoms with Crippen LogP contribution in [0.1, 0.15) is 77.1 Å². The third kappa shape index (κ3) is 4.12. The van der Waals surface area contributed by atoms with Gasteiger partial charge in [-0.25, -0.2) is 4.68 Å². The number of nitrogens with zero attached hydrogens (tertiary/aromatic N) is 4. The molecule has 146 valence electrons. The zero-order chi connectivity index (χ0) is 19.7. The molecule has 0 saturated carbocycles. The summed E-state index contributed by atoms with van der Waals surface area (Å²) in [6.45, 7) is 12.4. The number of benzene rings is 1. The number of Topliss-reactive ketones (excluding diaryl/α,β-unsaturated/α-hetero) is 1. The molecule has 1 aromatic carbocycles. The van der Waals surface area contributed by atoms with Crippen LogP contribution >= 0.6 is 0 Å². The summed E-state index contributed by atoms with van der Waals surface area (Å²) in [4.78, 5) is 14.5. The summed E-state index contributed by atoms with van der Waals surface area (Å²) in [5, 5.41) is 17.9.